The van der Waals surface area contributed by atoms with Crippen LogP contribution in [-0.4, -0.2) is 34.8 Å². The van der Waals surface area contributed by atoms with Crippen molar-refractivity contribution in [2.45, 2.75) is 0 Å². The lowest BCUT2D eigenvalue weighted by Gasteiger charge is -2.12. The second-order valence-corrected chi connectivity index (χ2v) is 9.15. The van der Waals surface area contributed by atoms with Gasteiger partial charge in [-0.2, -0.15) is 0 Å². The molecular weight excluding hydrogens is 590 g/mol. The van der Waals surface area contributed by atoms with E-state index in [1.807, 2.05) is 55.0 Å². The van der Waals surface area contributed by atoms with Crippen molar-refractivity contribution >= 4 is 68.5 Å². The number of fused-ring (bicyclic) bond motifs is 1. The Morgan fingerprint density at radius 2 is 1.83 bits per heavy atom. The minimum Gasteiger partial charge on any atom is -0.506 e. The molecule has 0 amide bonds. The van der Waals surface area contributed by atoms with Crippen molar-refractivity contribution in [3.8, 4) is 17.0 Å². The first-order chi connectivity index (χ1) is 13.9. The molecule has 4 rings (SSSR count). The van der Waals surface area contributed by atoms with E-state index in [4.69, 9.17) is 9.98 Å². The van der Waals surface area contributed by atoms with Gasteiger partial charge in [0, 0.05) is 46.9 Å². The fourth-order valence-electron chi connectivity index (χ4n) is 3.03. The van der Waals surface area contributed by atoms with Crippen molar-refractivity contribution in [2.24, 2.45) is 4.99 Å². The highest BCUT2D eigenvalue weighted by atomic mass is 127. The number of phenols is 1. The zero-order valence-electron chi connectivity index (χ0n) is 15.8. The average molecular weight is 608 g/mol. The molecule has 0 aliphatic heterocycles. The Kier molecular flexibility index (Phi) is 5.77. The van der Waals surface area contributed by atoms with Crippen molar-refractivity contribution < 1.29 is 5.11 Å². The molecule has 0 radical (unpaired) electrons. The Morgan fingerprint density at radius 1 is 1.07 bits per heavy atom. The van der Waals surface area contributed by atoms with E-state index in [0.29, 0.717) is 5.56 Å². The van der Waals surface area contributed by atoms with E-state index in [-0.39, 0.29) is 5.75 Å². The number of nitrogens with zero attached hydrogens (tertiary/aromatic N) is 4. The van der Waals surface area contributed by atoms with E-state index < -0.39 is 0 Å². The van der Waals surface area contributed by atoms with Gasteiger partial charge in [-0.15, -0.1) is 0 Å². The molecule has 0 bridgehead atoms. The number of aromatic nitrogens is 2. The first kappa shape index (κ1) is 20.1. The van der Waals surface area contributed by atoms with Crippen LogP contribution < -0.4 is 4.90 Å². The van der Waals surface area contributed by atoms with Crippen LogP contribution in [-0.2, 0) is 0 Å². The maximum Gasteiger partial charge on any atom is 0.165 e. The third-order valence-corrected chi connectivity index (χ3v) is 5.99. The number of hydrogen-bond donors (Lipinski definition) is 1. The van der Waals surface area contributed by atoms with E-state index in [0.717, 1.165) is 35.6 Å². The highest BCUT2D eigenvalue weighted by molar-refractivity contribution is 14.1. The minimum atomic E-state index is 0.237. The molecule has 0 spiro atoms. The highest BCUT2D eigenvalue weighted by Crippen LogP contribution is 2.33. The maximum absolute atomic E-state index is 10.4. The lowest BCUT2D eigenvalue weighted by Crippen LogP contribution is -2.07. The van der Waals surface area contributed by atoms with Crippen LogP contribution in [0.5, 0.6) is 5.75 Å². The SMILES string of the molecule is CN(C)c1ccc(-c2nc3ccccn3c2N=Cc2cc(I)cc(I)c2O)cc1. The summed E-state index contributed by atoms with van der Waals surface area (Å²) in [6.07, 6.45) is 3.65. The average Bonchev–Trinajstić information content (AvgIpc) is 3.08. The molecular formula is C22H18I2N4O. The quantitative estimate of drug-likeness (QED) is 0.238. The topological polar surface area (TPSA) is 53.1 Å². The number of aromatic hydroxyl groups is 1. The molecule has 0 saturated heterocycles. The third kappa shape index (κ3) is 4.11. The number of aliphatic imine (C=N–C) groups is 1. The minimum absolute atomic E-state index is 0.237. The van der Waals surface area contributed by atoms with Crippen molar-refractivity contribution in [1.29, 1.82) is 0 Å². The van der Waals surface area contributed by atoms with Gasteiger partial charge in [0.1, 0.15) is 17.1 Å². The maximum atomic E-state index is 10.4. The predicted molar refractivity (Wildman–Crippen MR) is 136 cm³/mol. The van der Waals surface area contributed by atoms with Gasteiger partial charge in [0.05, 0.1) is 3.57 Å². The van der Waals surface area contributed by atoms with E-state index in [9.17, 15) is 5.11 Å². The Morgan fingerprint density at radius 3 is 2.55 bits per heavy atom. The summed E-state index contributed by atoms with van der Waals surface area (Å²) < 4.78 is 3.80. The number of pyridine rings is 1. The summed E-state index contributed by atoms with van der Waals surface area (Å²) in [6, 6.07) is 18.0. The van der Waals surface area contributed by atoms with Crippen LogP contribution in [0.3, 0.4) is 0 Å². The smallest absolute Gasteiger partial charge is 0.165 e. The second kappa shape index (κ2) is 8.31. The fraction of sp³-hybridized carbons (Fsp3) is 0.0909. The summed E-state index contributed by atoms with van der Waals surface area (Å²) in [5.41, 5.74) is 4.43. The van der Waals surface area contributed by atoms with E-state index in [1.165, 1.54) is 0 Å². The zero-order chi connectivity index (χ0) is 20.5. The van der Waals surface area contributed by atoms with Gasteiger partial charge in [0.25, 0.3) is 0 Å². The van der Waals surface area contributed by atoms with Gasteiger partial charge in [-0.3, -0.25) is 4.40 Å². The molecule has 0 aliphatic rings. The lowest BCUT2D eigenvalue weighted by molar-refractivity contribution is 0.470. The van der Waals surface area contributed by atoms with Gasteiger partial charge in [-0.05, 0) is 81.6 Å². The monoisotopic (exact) mass is 608 g/mol. The molecule has 0 unspecified atom stereocenters. The first-order valence-corrected chi connectivity index (χ1v) is 11.1. The van der Waals surface area contributed by atoms with Crippen LogP contribution >= 0.6 is 45.2 Å². The van der Waals surface area contributed by atoms with Gasteiger partial charge in [0.15, 0.2) is 5.82 Å². The van der Waals surface area contributed by atoms with Crippen LogP contribution in [0.15, 0.2) is 65.8 Å². The Balaban J connectivity index is 1.84. The second-order valence-electron chi connectivity index (χ2n) is 6.74. The number of benzene rings is 2. The molecule has 0 saturated carbocycles. The third-order valence-electron chi connectivity index (χ3n) is 4.55. The summed E-state index contributed by atoms with van der Waals surface area (Å²) in [7, 11) is 4.04. The predicted octanol–water partition coefficient (Wildman–Crippen LogP) is 5.73. The van der Waals surface area contributed by atoms with Gasteiger partial charge >= 0.3 is 0 Å². The largest absolute Gasteiger partial charge is 0.506 e. The van der Waals surface area contributed by atoms with Crippen molar-refractivity contribution in [1.82, 2.24) is 9.38 Å². The number of phenolic OH excluding ortho intramolecular Hbond substituents is 1. The van der Waals surface area contributed by atoms with E-state index in [2.05, 4.69) is 74.3 Å². The number of imidazole rings is 1. The summed E-state index contributed by atoms with van der Waals surface area (Å²) in [6.45, 7) is 0. The lowest BCUT2D eigenvalue weighted by atomic mass is 10.1. The molecule has 0 atom stereocenters. The zero-order valence-corrected chi connectivity index (χ0v) is 20.2. The first-order valence-electron chi connectivity index (χ1n) is 8.91. The number of rotatable bonds is 4. The fourth-order valence-corrected chi connectivity index (χ4v) is 4.92. The summed E-state index contributed by atoms with van der Waals surface area (Å²) in [5, 5.41) is 10.4. The molecule has 146 valence electrons. The number of hydrogen-bond acceptors (Lipinski definition) is 4. The van der Waals surface area contributed by atoms with Gasteiger partial charge in [-0.25, -0.2) is 9.98 Å². The van der Waals surface area contributed by atoms with Gasteiger partial charge in [0.2, 0.25) is 0 Å². The van der Waals surface area contributed by atoms with Crippen molar-refractivity contribution in [2.75, 3.05) is 19.0 Å². The summed E-state index contributed by atoms with van der Waals surface area (Å²) in [5.74, 6) is 0.965. The normalized spacial score (nSPS) is 11.4. The van der Waals surface area contributed by atoms with Crippen LogP contribution in [0.1, 0.15) is 5.56 Å². The van der Waals surface area contributed by atoms with Gasteiger partial charge in [-0.1, -0.05) is 18.2 Å². The Bertz CT molecular complexity index is 1210. The molecule has 7 heteroatoms. The van der Waals surface area contributed by atoms with Crippen molar-refractivity contribution in [3.05, 3.63) is 73.5 Å². The van der Waals surface area contributed by atoms with E-state index >= 15 is 0 Å². The number of halogens is 2. The van der Waals surface area contributed by atoms with E-state index in [1.54, 1.807) is 6.21 Å². The molecule has 1 N–H and O–H groups in total. The summed E-state index contributed by atoms with van der Waals surface area (Å²) in [4.78, 5) is 11.6. The summed E-state index contributed by atoms with van der Waals surface area (Å²) >= 11 is 4.37. The number of anilines is 1. The molecule has 2 heterocycles. The van der Waals surface area contributed by atoms with Crippen LogP contribution in [0.2, 0.25) is 0 Å². The highest BCUT2D eigenvalue weighted by Gasteiger charge is 2.14. The Hall–Kier alpha value is -2.14. The van der Waals surface area contributed by atoms with Crippen LogP contribution in [0.4, 0.5) is 11.5 Å². The molecule has 2 aromatic carbocycles. The van der Waals surface area contributed by atoms with Crippen LogP contribution in [0, 0.1) is 7.14 Å². The molecule has 29 heavy (non-hydrogen) atoms. The molecule has 4 aromatic rings. The van der Waals surface area contributed by atoms with Crippen LogP contribution in [0.25, 0.3) is 16.9 Å². The molecule has 0 aliphatic carbocycles. The van der Waals surface area contributed by atoms with Crippen molar-refractivity contribution in [3.63, 3.8) is 0 Å². The molecule has 2 aromatic heterocycles. The standard InChI is InChI=1S/C22H18I2N4O/c1-27(2)17-8-6-14(7-9-17)20-22(28-10-4-3-5-19(28)26-20)25-13-15-11-16(23)12-18(24)21(15)29/h3-13,29H,1-2H3. The molecule has 0 fully saturated rings. The molecule has 5 nitrogen and oxygen atoms in total. The Labute approximate surface area is 196 Å². The van der Waals surface area contributed by atoms with Gasteiger partial charge < -0.3 is 10.0 Å².